The molecule has 5 aliphatic carbocycles. The van der Waals surface area contributed by atoms with Gasteiger partial charge < -0.3 is 20.7 Å². The summed E-state index contributed by atoms with van der Waals surface area (Å²) in [6, 6.07) is 7.68. The van der Waals surface area contributed by atoms with Crippen LogP contribution in [0.25, 0.3) is 0 Å². The zero-order valence-corrected chi connectivity index (χ0v) is 37.9. The Kier molecular flexibility index (Phi) is 11.6. The van der Waals surface area contributed by atoms with Crippen molar-refractivity contribution in [2.45, 2.75) is 158 Å². The van der Waals surface area contributed by atoms with Gasteiger partial charge in [0, 0.05) is 22.3 Å². The lowest BCUT2D eigenvalue weighted by molar-refractivity contribution is -0.234. The highest BCUT2D eigenvalue weighted by molar-refractivity contribution is 6.30. The van der Waals surface area contributed by atoms with Crippen molar-refractivity contribution in [2.24, 2.45) is 78.0 Å². The van der Waals surface area contributed by atoms with Crippen molar-refractivity contribution in [3.63, 3.8) is 0 Å². The highest BCUT2D eigenvalue weighted by Gasteiger charge is 2.71. The van der Waals surface area contributed by atoms with Crippen LogP contribution in [-0.4, -0.2) is 58.1 Å². The average Bonchev–Trinajstić information content (AvgIpc) is 3.31. The number of halogens is 1. The van der Waals surface area contributed by atoms with Crippen LogP contribution in [-0.2, 0) is 19.1 Å². The summed E-state index contributed by atoms with van der Waals surface area (Å²) in [5.74, 6) is -0.0987. The van der Waals surface area contributed by atoms with E-state index in [2.05, 4.69) is 48.5 Å². The summed E-state index contributed by atoms with van der Waals surface area (Å²) >= 11 is 6.23. The van der Waals surface area contributed by atoms with Crippen LogP contribution in [0.5, 0.6) is 0 Å². The van der Waals surface area contributed by atoms with Gasteiger partial charge in [0.2, 0.25) is 0 Å². The fourth-order valence-corrected chi connectivity index (χ4v) is 14.5. The first-order valence-corrected chi connectivity index (χ1v) is 22.9. The average molecular weight is 833 g/mol. The summed E-state index contributed by atoms with van der Waals surface area (Å²) in [6.45, 7) is 20.1. The van der Waals surface area contributed by atoms with Gasteiger partial charge in [-0.2, -0.15) is 10.2 Å². The highest BCUT2D eigenvalue weighted by atomic mass is 35.5. The van der Waals surface area contributed by atoms with Gasteiger partial charge >= 0.3 is 11.9 Å². The lowest BCUT2D eigenvalue weighted by Gasteiger charge is -2.72. The Morgan fingerprint density at radius 1 is 0.932 bits per heavy atom. The molecule has 10 atom stereocenters. The quantitative estimate of drug-likeness (QED) is 0.199. The lowest BCUT2D eigenvalue weighted by Crippen LogP contribution is -2.66. The molecule has 7 rings (SSSR count). The molecular weight excluding hydrogens is 762 g/mol. The molecule has 9 nitrogen and oxygen atoms in total. The summed E-state index contributed by atoms with van der Waals surface area (Å²) in [5, 5.41) is 32.9. The monoisotopic (exact) mass is 831 g/mol. The summed E-state index contributed by atoms with van der Waals surface area (Å²) in [4.78, 5) is 39.4. The number of carbonyl (C=O) groups is 3. The third kappa shape index (κ3) is 7.09. The summed E-state index contributed by atoms with van der Waals surface area (Å²) in [5.41, 5.74) is 8.58. The zero-order chi connectivity index (χ0) is 43.1. The second kappa shape index (κ2) is 15.5. The molecule has 1 aromatic rings. The number of nitrogens with zero attached hydrogens (tertiary/aromatic N) is 2. The molecule has 4 saturated carbocycles. The number of fused-ring (bicyclic) bond motifs is 7. The van der Waals surface area contributed by atoms with E-state index in [1.54, 1.807) is 13.8 Å². The summed E-state index contributed by atoms with van der Waals surface area (Å²) < 4.78 is 6.20. The fraction of sp³-hybridized carbons (Fsp3) is 0.735. The van der Waals surface area contributed by atoms with Crippen LogP contribution in [0.3, 0.4) is 0 Å². The maximum absolute atomic E-state index is 14.4. The number of ether oxygens (including phenoxy) is 1. The van der Waals surface area contributed by atoms with Crippen LogP contribution < -0.4 is 5.73 Å². The van der Waals surface area contributed by atoms with Crippen molar-refractivity contribution < 1.29 is 29.3 Å². The number of aliphatic hydroxyl groups excluding tert-OH is 1. The molecule has 0 saturated heterocycles. The number of hydrogen-bond acceptors (Lipinski definition) is 8. The molecule has 0 amide bonds. The summed E-state index contributed by atoms with van der Waals surface area (Å²) in [7, 11) is 0. The minimum atomic E-state index is -1.18. The Morgan fingerprint density at radius 3 is 2.27 bits per heavy atom. The normalized spacial score (nSPS) is 37.3. The Morgan fingerprint density at radius 2 is 1.63 bits per heavy atom. The zero-order valence-electron chi connectivity index (χ0n) is 37.1. The minimum Gasteiger partial charge on any atom is -0.481 e. The van der Waals surface area contributed by atoms with E-state index in [1.165, 1.54) is 5.57 Å². The second-order valence-electron chi connectivity index (χ2n) is 22.0. The number of benzene rings is 1. The molecule has 10 heteroatoms. The van der Waals surface area contributed by atoms with Gasteiger partial charge in [-0.1, -0.05) is 72.2 Å². The molecule has 6 aliphatic rings. The van der Waals surface area contributed by atoms with E-state index >= 15 is 0 Å². The van der Waals surface area contributed by atoms with E-state index in [-0.39, 0.29) is 57.7 Å². The number of carboxylic acid groups (broad SMARTS) is 1. The standard InChI is InChI=1S/C49H70ClN3O6/c1-28(2)40-35(54)26-49(42(56)34-25-29(18-23-51)24-33(52-53-34)30-10-12-31(50)13-11-30)22-21-47(8)32(41(40)49)14-15-37-46(7)19-17-38(59-39(55)27-44(3,4)43(57)58)45(5,6)36(46)16-20-48(37,47)9/h10-13,28-29,32,36-38,42,56H,14-27,51H2,1-9H3,(H,57,58)/t29?,32?,36-,37+,38?,42-,46-,47+,48+,49+/m0/s1. The Balaban J connectivity index is 1.20. The van der Waals surface area contributed by atoms with E-state index in [4.69, 9.17) is 32.3 Å². The summed E-state index contributed by atoms with van der Waals surface area (Å²) in [6.07, 6.45) is 8.49. The van der Waals surface area contributed by atoms with Crippen molar-refractivity contribution in [3.8, 4) is 0 Å². The number of ketones is 1. The van der Waals surface area contributed by atoms with Crippen LogP contribution in [0.2, 0.25) is 5.02 Å². The van der Waals surface area contributed by atoms with Crippen LogP contribution in [0.4, 0.5) is 0 Å². The molecule has 1 heterocycles. The lowest BCUT2D eigenvalue weighted by atomic mass is 9.33. The fourth-order valence-electron chi connectivity index (χ4n) is 14.4. The van der Waals surface area contributed by atoms with Crippen LogP contribution in [0.15, 0.2) is 45.6 Å². The van der Waals surface area contributed by atoms with Gasteiger partial charge in [0.25, 0.3) is 0 Å². The van der Waals surface area contributed by atoms with Crippen molar-refractivity contribution in [2.75, 3.05) is 6.54 Å². The van der Waals surface area contributed by atoms with Gasteiger partial charge in [-0.05, 0) is 166 Å². The third-order valence-electron chi connectivity index (χ3n) is 17.7. The van der Waals surface area contributed by atoms with E-state index in [9.17, 15) is 24.6 Å². The first-order valence-electron chi connectivity index (χ1n) is 22.5. The van der Waals surface area contributed by atoms with Gasteiger partial charge in [-0.25, -0.2) is 0 Å². The number of aliphatic carboxylic acids is 1. The number of hydrogen-bond donors (Lipinski definition) is 3. The van der Waals surface area contributed by atoms with Crippen LogP contribution in [0, 0.1) is 62.1 Å². The number of carboxylic acids is 1. The first kappa shape index (κ1) is 44.2. The molecular formula is C49H70ClN3O6. The number of carbonyl (C=O) groups excluding carboxylic acids is 2. The molecule has 0 radical (unpaired) electrons. The number of rotatable bonds is 10. The third-order valence-corrected chi connectivity index (χ3v) is 18.0. The van der Waals surface area contributed by atoms with Crippen molar-refractivity contribution in [1.82, 2.24) is 0 Å². The maximum atomic E-state index is 14.4. The molecule has 59 heavy (non-hydrogen) atoms. The molecule has 0 aromatic heterocycles. The Hall–Kier alpha value is -2.88. The van der Waals surface area contributed by atoms with Crippen LogP contribution >= 0.6 is 11.6 Å². The predicted molar refractivity (Wildman–Crippen MR) is 233 cm³/mol. The maximum Gasteiger partial charge on any atom is 0.309 e. The molecule has 4 N–H and O–H groups in total. The number of aliphatic hydroxyl groups is 1. The molecule has 1 aliphatic heterocycles. The van der Waals surface area contributed by atoms with Gasteiger partial charge in [0.1, 0.15) is 12.2 Å². The largest absolute Gasteiger partial charge is 0.481 e. The van der Waals surface area contributed by atoms with Gasteiger partial charge in [-0.15, -0.1) is 0 Å². The number of Topliss-reactive ketones (excluding diaryl/α,β-unsaturated/α-hetero) is 1. The SMILES string of the molecule is CC(C)C1=C2C3CC[C@@H]4[C@@]5(C)CCC(OC(=O)CC(C)(C)C(=O)O)C(C)(C)[C@@H]5CC[C@@]4(C)[C@]3(C)CC[C@@]2([C@@H](O)C2=NN=C(c3ccc(Cl)cc3)CC(CCN)C2)CC1=O. The van der Waals surface area contributed by atoms with Crippen molar-refractivity contribution in [3.05, 3.63) is 46.0 Å². The molecule has 3 unspecified atom stereocenters. The molecule has 0 spiro atoms. The van der Waals surface area contributed by atoms with E-state index in [1.807, 2.05) is 24.3 Å². The molecule has 1 aromatic carbocycles. The first-order chi connectivity index (χ1) is 27.6. The minimum absolute atomic E-state index is 0.00601. The van der Waals surface area contributed by atoms with Gasteiger partial charge in [-0.3, -0.25) is 14.4 Å². The Bertz CT molecular complexity index is 1950. The van der Waals surface area contributed by atoms with E-state index in [0.717, 1.165) is 74.6 Å². The highest BCUT2D eigenvalue weighted by Crippen LogP contribution is 2.77. The molecule has 324 valence electrons. The van der Waals surface area contributed by atoms with Crippen molar-refractivity contribution in [1.29, 1.82) is 0 Å². The second-order valence-corrected chi connectivity index (χ2v) is 22.4. The van der Waals surface area contributed by atoms with Crippen LogP contribution in [0.1, 0.15) is 151 Å². The van der Waals surface area contributed by atoms with Crippen molar-refractivity contribution >= 4 is 40.7 Å². The molecule has 4 fully saturated rings. The number of allylic oxidation sites excluding steroid dienone is 1. The van der Waals surface area contributed by atoms with Gasteiger partial charge in [0.15, 0.2) is 5.78 Å². The number of esters is 1. The molecule has 0 bridgehead atoms. The predicted octanol–water partition coefficient (Wildman–Crippen LogP) is 10.00. The number of nitrogens with two attached hydrogens (primary N) is 1. The van der Waals surface area contributed by atoms with E-state index in [0.29, 0.717) is 48.4 Å². The topological polar surface area (TPSA) is 152 Å². The smallest absolute Gasteiger partial charge is 0.309 e. The van der Waals surface area contributed by atoms with E-state index < -0.39 is 28.9 Å². The Labute approximate surface area is 357 Å². The van der Waals surface area contributed by atoms with Gasteiger partial charge in [0.05, 0.1) is 23.3 Å².